The number of carbonyl (C=O) groups is 1. The van der Waals surface area contributed by atoms with Crippen molar-refractivity contribution in [1.29, 1.82) is 0 Å². The summed E-state index contributed by atoms with van der Waals surface area (Å²) in [5.74, 6) is -0.299. The summed E-state index contributed by atoms with van der Waals surface area (Å²) in [7, 11) is 1.61. The molecule has 0 amide bonds. The summed E-state index contributed by atoms with van der Waals surface area (Å²) in [6.45, 7) is 2.37. The predicted molar refractivity (Wildman–Crippen MR) is 45.0 cm³/mol. The number of carboxylic acids is 1. The van der Waals surface area contributed by atoms with E-state index in [1.807, 2.05) is 6.92 Å². The third kappa shape index (κ3) is 1.78. The second-order valence-electron chi connectivity index (χ2n) is 3.74. The van der Waals surface area contributed by atoms with Crippen molar-refractivity contribution in [3.63, 3.8) is 0 Å². The maximum atomic E-state index is 11.0. The molecule has 0 radical (unpaired) electrons. The number of hydrogen-bond acceptors (Lipinski definition) is 2. The summed E-state index contributed by atoms with van der Waals surface area (Å²) in [5.41, 5.74) is -0.546. The highest BCUT2D eigenvalue weighted by atomic mass is 16.5. The second-order valence-corrected chi connectivity index (χ2v) is 3.74. The topological polar surface area (TPSA) is 46.5 Å². The summed E-state index contributed by atoms with van der Waals surface area (Å²) in [6.07, 6.45) is 2.75. The van der Waals surface area contributed by atoms with Gasteiger partial charge in [0, 0.05) is 13.7 Å². The summed E-state index contributed by atoms with van der Waals surface area (Å²) in [4.78, 5) is 11.0. The van der Waals surface area contributed by atoms with Crippen LogP contribution >= 0.6 is 0 Å². The third-order valence-corrected chi connectivity index (χ3v) is 2.79. The summed E-state index contributed by atoms with van der Waals surface area (Å²) >= 11 is 0. The van der Waals surface area contributed by atoms with Gasteiger partial charge in [-0.25, -0.2) is 0 Å². The molecule has 1 aliphatic carbocycles. The fraction of sp³-hybridized carbons (Fsp3) is 0.889. The Balaban J connectivity index is 2.52. The van der Waals surface area contributed by atoms with Crippen LogP contribution in [-0.2, 0) is 9.53 Å². The van der Waals surface area contributed by atoms with Gasteiger partial charge < -0.3 is 9.84 Å². The maximum absolute atomic E-state index is 11.0. The van der Waals surface area contributed by atoms with Gasteiger partial charge in [0.15, 0.2) is 0 Å². The van der Waals surface area contributed by atoms with Gasteiger partial charge in [-0.15, -0.1) is 0 Å². The molecule has 1 aliphatic rings. The van der Waals surface area contributed by atoms with Crippen molar-refractivity contribution in [3.05, 3.63) is 0 Å². The van der Waals surface area contributed by atoms with Crippen molar-refractivity contribution >= 4 is 5.97 Å². The van der Waals surface area contributed by atoms with Crippen LogP contribution in [0, 0.1) is 11.3 Å². The molecular weight excluding hydrogens is 156 g/mol. The lowest BCUT2D eigenvalue weighted by Crippen LogP contribution is -2.31. The van der Waals surface area contributed by atoms with Gasteiger partial charge in [0.2, 0.25) is 0 Å². The van der Waals surface area contributed by atoms with E-state index in [0.29, 0.717) is 18.9 Å². The minimum Gasteiger partial charge on any atom is -0.481 e. The zero-order chi connectivity index (χ0) is 9.19. The summed E-state index contributed by atoms with van der Waals surface area (Å²) in [6, 6.07) is 0. The first-order valence-electron chi connectivity index (χ1n) is 4.33. The van der Waals surface area contributed by atoms with Crippen molar-refractivity contribution in [2.45, 2.75) is 26.2 Å². The standard InChI is InChI=1S/C9H16O3/c1-9(8(10)11,5-6-12-2)7-3-4-7/h7H,3-6H2,1-2H3,(H,10,11). The molecule has 1 unspecified atom stereocenters. The van der Waals surface area contributed by atoms with E-state index in [1.54, 1.807) is 7.11 Å². The zero-order valence-electron chi connectivity index (χ0n) is 7.67. The highest BCUT2D eigenvalue weighted by Gasteiger charge is 2.46. The number of ether oxygens (including phenoxy) is 1. The third-order valence-electron chi connectivity index (χ3n) is 2.79. The van der Waals surface area contributed by atoms with Gasteiger partial charge >= 0.3 is 5.97 Å². The van der Waals surface area contributed by atoms with E-state index >= 15 is 0 Å². The van der Waals surface area contributed by atoms with Gasteiger partial charge in [-0.2, -0.15) is 0 Å². The van der Waals surface area contributed by atoms with Crippen molar-refractivity contribution in [2.75, 3.05) is 13.7 Å². The molecule has 12 heavy (non-hydrogen) atoms. The van der Waals surface area contributed by atoms with Crippen LogP contribution in [0.15, 0.2) is 0 Å². The molecule has 1 fully saturated rings. The van der Waals surface area contributed by atoms with E-state index in [2.05, 4.69) is 0 Å². The minimum atomic E-state index is -0.679. The van der Waals surface area contributed by atoms with E-state index in [4.69, 9.17) is 9.84 Å². The monoisotopic (exact) mass is 172 g/mol. The van der Waals surface area contributed by atoms with E-state index < -0.39 is 11.4 Å². The molecule has 0 heterocycles. The average Bonchev–Trinajstić information content (AvgIpc) is 2.82. The SMILES string of the molecule is COCCC(C)(C(=O)O)C1CC1. The van der Waals surface area contributed by atoms with Crippen LogP contribution < -0.4 is 0 Å². The fourth-order valence-electron chi connectivity index (χ4n) is 1.52. The molecule has 0 aromatic heterocycles. The largest absolute Gasteiger partial charge is 0.481 e. The number of carboxylic acid groups (broad SMARTS) is 1. The van der Waals surface area contributed by atoms with E-state index in [-0.39, 0.29) is 0 Å². The van der Waals surface area contributed by atoms with Crippen LogP contribution in [0.5, 0.6) is 0 Å². The molecule has 0 spiro atoms. The minimum absolute atomic E-state index is 0.380. The quantitative estimate of drug-likeness (QED) is 0.684. The van der Waals surface area contributed by atoms with E-state index in [9.17, 15) is 4.79 Å². The van der Waals surface area contributed by atoms with Crippen LogP contribution in [0.4, 0.5) is 0 Å². The summed E-state index contributed by atoms with van der Waals surface area (Å²) in [5, 5.41) is 9.01. The molecule has 3 nitrogen and oxygen atoms in total. The van der Waals surface area contributed by atoms with Gasteiger partial charge in [0.05, 0.1) is 5.41 Å². The van der Waals surface area contributed by atoms with Gasteiger partial charge in [0.1, 0.15) is 0 Å². The average molecular weight is 172 g/mol. The lowest BCUT2D eigenvalue weighted by molar-refractivity contribution is -0.150. The Hall–Kier alpha value is -0.570. The fourth-order valence-corrected chi connectivity index (χ4v) is 1.52. The Morgan fingerprint density at radius 3 is 2.58 bits per heavy atom. The van der Waals surface area contributed by atoms with Crippen LogP contribution in [0.1, 0.15) is 26.2 Å². The normalized spacial score (nSPS) is 21.8. The van der Waals surface area contributed by atoms with Crippen LogP contribution in [-0.4, -0.2) is 24.8 Å². The van der Waals surface area contributed by atoms with Gasteiger partial charge in [0.25, 0.3) is 0 Å². The zero-order valence-corrected chi connectivity index (χ0v) is 7.67. The molecule has 0 aliphatic heterocycles. The molecule has 1 saturated carbocycles. The van der Waals surface area contributed by atoms with Crippen molar-refractivity contribution in [2.24, 2.45) is 11.3 Å². The lowest BCUT2D eigenvalue weighted by atomic mass is 9.82. The Kier molecular flexibility index (Phi) is 2.73. The number of aliphatic carboxylic acids is 1. The molecular formula is C9H16O3. The molecule has 3 heteroatoms. The van der Waals surface area contributed by atoms with Crippen LogP contribution in [0.2, 0.25) is 0 Å². The Morgan fingerprint density at radius 1 is 1.67 bits per heavy atom. The Labute approximate surface area is 72.7 Å². The highest BCUT2D eigenvalue weighted by Crippen LogP contribution is 2.47. The Morgan fingerprint density at radius 2 is 2.25 bits per heavy atom. The maximum Gasteiger partial charge on any atom is 0.309 e. The van der Waals surface area contributed by atoms with Crippen molar-refractivity contribution in [3.8, 4) is 0 Å². The second kappa shape index (κ2) is 3.44. The van der Waals surface area contributed by atoms with Gasteiger partial charge in [-0.3, -0.25) is 4.79 Å². The highest BCUT2D eigenvalue weighted by molar-refractivity contribution is 5.75. The van der Waals surface area contributed by atoms with Gasteiger partial charge in [-0.05, 0) is 32.1 Å². The Bertz CT molecular complexity index is 175. The first-order valence-corrected chi connectivity index (χ1v) is 4.33. The number of methoxy groups -OCH3 is 1. The molecule has 70 valence electrons. The predicted octanol–water partition coefficient (Wildman–Crippen LogP) is 1.52. The van der Waals surface area contributed by atoms with Crippen molar-refractivity contribution < 1.29 is 14.6 Å². The lowest BCUT2D eigenvalue weighted by Gasteiger charge is -2.23. The molecule has 0 bridgehead atoms. The van der Waals surface area contributed by atoms with Gasteiger partial charge in [-0.1, -0.05) is 0 Å². The van der Waals surface area contributed by atoms with E-state index in [0.717, 1.165) is 12.8 Å². The molecule has 0 aromatic rings. The molecule has 0 saturated heterocycles. The first-order chi connectivity index (χ1) is 5.61. The number of rotatable bonds is 5. The molecule has 1 rings (SSSR count). The smallest absolute Gasteiger partial charge is 0.309 e. The van der Waals surface area contributed by atoms with Crippen LogP contribution in [0.25, 0.3) is 0 Å². The van der Waals surface area contributed by atoms with Crippen LogP contribution in [0.3, 0.4) is 0 Å². The number of hydrogen-bond donors (Lipinski definition) is 1. The molecule has 0 aromatic carbocycles. The first kappa shape index (κ1) is 9.52. The van der Waals surface area contributed by atoms with E-state index in [1.165, 1.54) is 0 Å². The molecule has 1 N–H and O–H groups in total. The molecule has 1 atom stereocenters. The summed E-state index contributed by atoms with van der Waals surface area (Å²) < 4.78 is 4.90. The van der Waals surface area contributed by atoms with Crippen molar-refractivity contribution in [1.82, 2.24) is 0 Å².